The molecule has 1 aliphatic rings. The molecule has 1 heterocycles. The summed E-state index contributed by atoms with van der Waals surface area (Å²) in [5.41, 5.74) is 4.12. The van der Waals surface area contributed by atoms with Crippen molar-refractivity contribution < 1.29 is 19.1 Å². The van der Waals surface area contributed by atoms with Gasteiger partial charge in [-0.25, -0.2) is 4.79 Å². The van der Waals surface area contributed by atoms with E-state index >= 15 is 0 Å². The van der Waals surface area contributed by atoms with Crippen molar-refractivity contribution in [2.75, 3.05) is 11.9 Å². The van der Waals surface area contributed by atoms with Gasteiger partial charge in [0.15, 0.2) is 12.4 Å². The number of rotatable bonds is 5. The average Bonchev–Trinajstić information content (AvgIpc) is 2.76. The summed E-state index contributed by atoms with van der Waals surface area (Å²) >= 11 is 0. The lowest BCUT2D eigenvalue weighted by atomic mass is 9.84. The molecule has 0 radical (unpaired) electrons. The quantitative estimate of drug-likeness (QED) is 0.493. The molecule has 4 rings (SSSR count). The van der Waals surface area contributed by atoms with E-state index in [9.17, 15) is 14.4 Å². The maximum Gasteiger partial charge on any atom is 0.339 e. The van der Waals surface area contributed by atoms with Gasteiger partial charge in [0.2, 0.25) is 0 Å². The Morgan fingerprint density at radius 3 is 2.74 bits per heavy atom. The van der Waals surface area contributed by atoms with Crippen molar-refractivity contribution in [1.29, 1.82) is 0 Å². The van der Waals surface area contributed by atoms with Crippen molar-refractivity contribution in [3.8, 4) is 0 Å². The van der Waals surface area contributed by atoms with Crippen LogP contribution in [0.3, 0.4) is 0 Å². The Morgan fingerprint density at radius 2 is 1.94 bits per heavy atom. The first kappa shape index (κ1) is 20.7. The van der Waals surface area contributed by atoms with Crippen molar-refractivity contribution in [3.63, 3.8) is 0 Å². The average molecular weight is 416 g/mol. The summed E-state index contributed by atoms with van der Waals surface area (Å²) in [7, 11) is 0. The number of hydrogen-bond donors (Lipinski definition) is 1. The fourth-order valence-corrected chi connectivity index (χ4v) is 4.01. The number of aryl methyl sites for hydroxylation is 1. The number of anilines is 1. The highest BCUT2D eigenvalue weighted by molar-refractivity contribution is 6.06. The molecule has 6 heteroatoms. The number of benzene rings is 2. The van der Waals surface area contributed by atoms with E-state index in [2.05, 4.69) is 12.2 Å². The number of ketones is 1. The number of pyridine rings is 1. The van der Waals surface area contributed by atoms with E-state index in [-0.39, 0.29) is 5.78 Å². The smallest absolute Gasteiger partial charge is 0.339 e. The fraction of sp³-hybridized carbons (Fsp3) is 0.280. The molecule has 2 aromatic carbocycles. The zero-order valence-electron chi connectivity index (χ0n) is 17.6. The van der Waals surface area contributed by atoms with Gasteiger partial charge in [-0.1, -0.05) is 37.3 Å². The van der Waals surface area contributed by atoms with Gasteiger partial charge in [-0.05, 0) is 55.9 Å². The number of amides is 1. The predicted octanol–water partition coefficient (Wildman–Crippen LogP) is 4.36. The van der Waals surface area contributed by atoms with Crippen LogP contribution in [-0.2, 0) is 22.4 Å². The minimum Gasteiger partial charge on any atom is -0.452 e. The van der Waals surface area contributed by atoms with Gasteiger partial charge < -0.3 is 10.1 Å². The lowest BCUT2D eigenvalue weighted by Gasteiger charge is -2.24. The van der Waals surface area contributed by atoms with Crippen molar-refractivity contribution >= 4 is 34.3 Å². The van der Waals surface area contributed by atoms with Crippen molar-refractivity contribution in [3.05, 3.63) is 70.9 Å². The van der Waals surface area contributed by atoms with Crippen molar-refractivity contribution in [1.82, 2.24) is 4.98 Å². The summed E-state index contributed by atoms with van der Waals surface area (Å²) < 4.78 is 5.40. The maximum absolute atomic E-state index is 13.1. The first-order valence-electron chi connectivity index (χ1n) is 10.4. The largest absolute Gasteiger partial charge is 0.452 e. The highest BCUT2D eigenvalue weighted by Crippen LogP contribution is 2.32. The van der Waals surface area contributed by atoms with Crippen LogP contribution in [0.5, 0.6) is 0 Å². The molecular weight excluding hydrogens is 392 g/mol. The third-order valence-corrected chi connectivity index (χ3v) is 5.60. The van der Waals surface area contributed by atoms with Crippen molar-refractivity contribution in [2.45, 2.75) is 33.1 Å². The molecule has 1 atom stereocenters. The molecule has 0 aliphatic heterocycles. The predicted molar refractivity (Wildman–Crippen MR) is 118 cm³/mol. The second kappa shape index (κ2) is 8.68. The minimum absolute atomic E-state index is 0.0916. The molecule has 3 aromatic rings. The fourth-order valence-electron chi connectivity index (χ4n) is 4.01. The molecule has 0 saturated carbocycles. The third kappa shape index (κ3) is 4.48. The highest BCUT2D eigenvalue weighted by Gasteiger charge is 2.26. The summed E-state index contributed by atoms with van der Waals surface area (Å²) in [6, 6.07) is 14.2. The Bertz CT molecular complexity index is 1190. The summed E-state index contributed by atoms with van der Waals surface area (Å²) in [6.45, 7) is 3.21. The normalized spacial score (nSPS) is 15.2. The molecule has 0 fully saturated rings. The molecule has 1 amide bonds. The second-order valence-electron chi connectivity index (χ2n) is 8.04. The monoisotopic (exact) mass is 416 g/mol. The zero-order chi connectivity index (χ0) is 22.0. The van der Waals surface area contributed by atoms with Crippen LogP contribution in [0.25, 0.3) is 10.9 Å². The number of carbonyl (C=O) groups excluding carboxylic acids is 3. The van der Waals surface area contributed by atoms with Crippen LogP contribution in [0.2, 0.25) is 0 Å². The van der Waals surface area contributed by atoms with Gasteiger partial charge >= 0.3 is 5.97 Å². The molecule has 6 nitrogen and oxygen atoms in total. The van der Waals surface area contributed by atoms with Gasteiger partial charge in [0.25, 0.3) is 5.91 Å². The van der Waals surface area contributed by atoms with E-state index in [0.717, 1.165) is 41.4 Å². The van der Waals surface area contributed by atoms with Crippen LogP contribution >= 0.6 is 0 Å². The summed E-state index contributed by atoms with van der Waals surface area (Å²) in [4.78, 5) is 41.7. The Morgan fingerprint density at radius 1 is 1.13 bits per heavy atom. The Labute approximate surface area is 180 Å². The van der Waals surface area contributed by atoms with E-state index in [1.54, 1.807) is 24.3 Å². The molecule has 0 spiro atoms. The second-order valence-corrected chi connectivity index (χ2v) is 8.04. The van der Waals surface area contributed by atoms with Crippen LogP contribution in [0, 0.1) is 5.92 Å². The van der Waals surface area contributed by atoms with Gasteiger partial charge in [-0.15, -0.1) is 0 Å². The molecule has 0 saturated heterocycles. The lowest BCUT2D eigenvalue weighted by molar-refractivity contribution is -0.119. The van der Waals surface area contributed by atoms with Crippen LogP contribution < -0.4 is 5.32 Å². The van der Waals surface area contributed by atoms with E-state index in [1.807, 2.05) is 24.3 Å². The van der Waals surface area contributed by atoms with Gasteiger partial charge in [0.05, 0.1) is 11.1 Å². The maximum atomic E-state index is 13.1. The van der Waals surface area contributed by atoms with Crippen molar-refractivity contribution in [2.24, 2.45) is 5.92 Å². The topological polar surface area (TPSA) is 85.4 Å². The van der Waals surface area contributed by atoms with Crippen LogP contribution in [0.1, 0.15) is 52.2 Å². The molecule has 0 bridgehead atoms. The molecule has 1 aliphatic carbocycles. The number of carbonyl (C=O) groups is 3. The molecular formula is C25H24N2O4. The number of fused-ring (bicyclic) bond motifs is 2. The number of Topliss-reactive ketones (excluding diaryl/α,β-unsaturated/α-hetero) is 1. The number of nitrogens with zero attached hydrogens (tertiary/aromatic N) is 1. The Hall–Kier alpha value is -3.54. The molecule has 158 valence electrons. The van der Waals surface area contributed by atoms with E-state index in [0.29, 0.717) is 22.7 Å². The lowest BCUT2D eigenvalue weighted by Crippen LogP contribution is -2.23. The van der Waals surface area contributed by atoms with Crippen LogP contribution in [-0.4, -0.2) is 29.3 Å². The molecule has 1 aromatic heterocycles. The number of aromatic nitrogens is 1. The Balaban J connectivity index is 1.54. The SMILES string of the molecule is CC(=O)c1cccc(NC(=O)COC(=O)c2c3c(nc4ccccc24)CC[C@@H](C)C3)c1. The first-order valence-corrected chi connectivity index (χ1v) is 10.4. The molecule has 31 heavy (non-hydrogen) atoms. The zero-order valence-corrected chi connectivity index (χ0v) is 17.6. The standard InChI is InChI=1S/C25H24N2O4/c1-15-10-11-22-20(12-15)24(19-8-3-4-9-21(19)27-22)25(30)31-14-23(29)26-18-7-5-6-17(13-18)16(2)28/h3-9,13,15H,10-12,14H2,1-2H3,(H,26,29)/t15-/m1/s1. The minimum atomic E-state index is -0.517. The van der Waals surface area contributed by atoms with Gasteiger partial charge in [0, 0.05) is 22.3 Å². The highest BCUT2D eigenvalue weighted by atomic mass is 16.5. The summed E-state index contributed by atoms with van der Waals surface area (Å²) in [5.74, 6) is -0.615. The van der Waals surface area contributed by atoms with E-state index in [1.165, 1.54) is 6.92 Å². The Kier molecular flexibility index (Phi) is 5.80. The first-order chi connectivity index (χ1) is 14.9. The van der Waals surface area contributed by atoms with Gasteiger partial charge in [-0.3, -0.25) is 14.6 Å². The summed E-state index contributed by atoms with van der Waals surface area (Å²) in [6.07, 6.45) is 2.63. The molecule has 0 unspecified atom stereocenters. The third-order valence-electron chi connectivity index (χ3n) is 5.60. The van der Waals surface area contributed by atoms with Gasteiger partial charge in [-0.2, -0.15) is 0 Å². The van der Waals surface area contributed by atoms with Gasteiger partial charge in [0.1, 0.15) is 0 Å². The van der Waals surface area contributed by atoms with Crippen LogP contribution in [0.15, 0.2) is 48.5 Å². The number of para-hydroxylation sites is 1. The number of ether oxygens (including phenoxy) is 1. The van der Waals surface area contributed by atoms with E-state index < -0.39 is 18.5 Å². The summed E-state index contributed by atoms with van der Waals surface area (Å²) in [5, 5.41) is 3.42. The number of nitrogens with one attached hydrogen (secondary N) is 1. The molecule has 1 N–H and O–H groups in total. The van der Waals surface area contributed by atoms with Crippen LogP contribution in [0.4, 0.5) is 5.69 Å². The number of hydrogen-bond acceptors (Lipinski definition) is 5. The van der Waals surface area contributed by atoms with E-state index in [4.69, 9.17) is 9.72 Å². The number of esters is 1.